The number of rotatable bonds is 4. The number of halogens is 1. The van der Waals surface area contributed by atoms with E-state index in [1.165, 1.54) is 0 Å². The number of benzene rings is 1. The highest BCUT2D eigenvalue weighted by molar-refractivity contribution is 5.91. The van der Waals surface area contributed by atoms with Gasteiger partial charge in [-0.25, -0.2) is 4.39 Å². The molecule has 0 spiro atoms. The molecule has 2 aromatic rings. The molecule has 0 bridgehead atoms. The number of ether oxygens (including phenoxy) is 1. The maximum absolute atomic E-state index is 14.8. The van der Waals surface area contributed by atoms with E-state index in [9.17, 15) is 4.39 Å². The summed E-state index contributed by atoms with van der Waals surface area (Å²) in [5.74, 6) is 0.252. The predicted octanol–water partition coefficient (Wildman–Crippen LogP) is 3.40. The molecule has 0 unspecified atom stereocenters. The predicted molar refractivity (Wildman–Crippen MR) is 85.0 cm³/mol. The summed E-state index contributed by atoms with van der Waals surface area (Å²) < 4.78 is 25.7. The van der Waals surface area contributed by atoms with Crippen LogP contribution in [-0.4, -0.2) is 37.0 Å². The minimum Gasteiger partial charge on any atom is -0.372 e. The molecule has 1 aliphatic rings. The molecule has 5 nitrogen and oxygen atoms in total. The van der Waals surface area contributed by atoms with Crippen LogP contribution >= 0.6 is 0 Å². The van der Waals surface area contributed by atoms with Crippen LogP contribution in [0.5, 0.6) is 0 Å². The fourth-order valence-electron chi connectivity index (χ4n) is 2.95. The van der Waals surface area contributed by atoms with Crippen LogP contribution < -0.4 is 10.2 Å². The fourth-order valence-corrected chi connectivity index (χ4v) is 2.95. The van der Waals surface area contributed by atoms with E-state index in [1.54, 1.807) is 6.07 Å². The van der Waals surface area contributed by atoms with E-state index in [2.05, 4.69) is 17.4 Å². The lowest BCUT2D eigenvalue weighted by molar-refractivity contribution is -0.00538. The van der Waals surface area contributed by atoms with E-state index in [-0.39, 0.29) is 23.6 Å². The van der Waals surface area contributed by atoms with Crippen molar-refractivity contribution in [3.8, 4) is 0 Å². The van der Waals surface area contributed by atoms with Crippen LogP contribution in [0.1, 0.15) is 27.2 Å². The first kappa shape index (κ1) is 15.1. The first-order valence-electron chi connectivity index (χ1n) is 7.82. The van der Waals surface area contributed by atoms with Crippen LogP contribution in [0, 0.1) is 5.82 Å². The Hall–Kier alpha value is -1.82. The zero-order valence-corrected chi connectivity index (χ0v) is 13.2. The van der Waals surface area contributed by atoms with Crippen LogP contribution in [0.4, 0.5) is 15.9 Å². The quantitative estimate of drug-likeness (QED) is 0.938. The van der Waals surface area contributed by atoms with Crippen molar-refractivity contribution >= 4 is 22.5 Å². The van der Waals surface area contributed by atoms with Crippen molar-refractivity contribution in [3.63, 3.8) is 0 Å². The Morgan fingerprint density at radius 1 is 1.32 bits per heavy atom. The van der Waals surface area contributed by atoms with Crippen molar-refractivity contribution in [2.75, 3.05) is 29.9 Å². The third-order valence-electron chi connectivity index (χ3n) is 3.86. The Labute approximate surface area is 129 Å². The Bertz CT molecular complexity index is 648. The molecule has 0 saturated carbocycles. The number of aromatic nitrogens is 1. The molecule has 1 aromatic heterocycles. The zero-order valence-electron chi connectivity index (χ0n) is 13.2. The van der Waals surface area contributed by atoms with Crippen molar-refractivity contribution < 1.29 is 13.7 Å². The van der Waals surface area contributed by atoms with E-state index in [1.807, 2.05) is 24.8 Å². The van der Waals surface area contributed by atoms with Gasteiger partial charge in [-0.1, -0.05) is 12.1 Å². The van der Waals surface area contributed by atoms with Gasteiger partial charge in [0.05, 0.1) is 23.3 Å². The van der Waals surface area contributed by atoms with E-state index in [0.717, 1.165) is 13.0 Å². The molecule has 22 heavy (non-hydrogen) atoms. The molecule has 6 heteroatoms. The van der Waals surface area contributed by atoms with Crippen molar-refractivity contribution in [1.82, 2.24) is 5.16 Å². The van der Waals surface area contributed by atoms with Gasteiger partial charge in [-0.05, 0) is 32.4 Å². The summed E-state index contributed by atoms with van der Waals surface area (Å²) in [5.41, 5.74) is 0.760. The number of hydrogen-bond donors (Lipinski definition) is 1. The van der Waals surface area contributed by atoms with Gasteiger partial charge in [-0.3, -0.25) is 0 Å². The number of fused-ring (bicyclic) bond motifs is 1. The SMILES string of the molecule is CCCNc1noc2c(F)c(N3C[C@@H](C)O[C@@H](C)C3)ccc12. The summed E-state index contributed by atoms with van der Waals surface area (Å²) in [4.78, 5) is 2.01. The second kappa shape index (κ2) is 6.12. The average molecular weight is 307 g/mol. The number of nitrogens with one attached hydrogen (secondary N) is 1. The first-order chi connectivity index (χ1) is 10.6. The zero-order chi connectivity index (χ0) is 15.7. The van der Waals surface area contributed by atoms with Crippen LogP contribution in [0.2, 0.25) is 0 Å². The lowest BCUT2D eigenvalue weighted by atomic mass is 10.1. The maximum Gasteiger partial charge on any atom is 0.206 e. The normalized spacial score (nSPS) is 22.3. The molecular weight excluding hydrogens is 285 g/mol. The molecule has 0 amide bonds. The topological polar surface area (TPSA) is 50.5 Å². The summed E-state index contributed by atoms with van der Waals surface area (Å²) >= 11 is 0. The van der Waals surface area contributed by atoms with Gasteiger partial charge in [0.1, 0.15) is 0 Å². The van der Waals surface area contributed by atoms with E-state index >= 15 is 0 Å². The minimum absolute atomic E-state index is 0.0790. The number of morpholine rings is 1. The minimum atomic E-state index is -0.351. The summed E-state index contributed by atoms with van der Waals surface area (Å²) in [7, 11) is 0. The van der Waals surface area contributed by atoms with Crippen LogP contribution in [0.15, 0.2) is 16.7 Å². The highest BCUT2D eigenvalue weighted by Crippen LogP contribution is 2.32. The number of hydrogen-bond acceptors (Lipinski definition) is 5. The molecule has 1 N–H and O–H groups in total. The summed E-state index contributed by atoms with van der Waals surface area (Å²) in [6.07, 6.45) is 1.13. The van der Waals surface area contributed by atoms with Gasteiger partial charge < -0.3 is 19.5 Å². The first-order valence-corrected chi connectivity index (χ1v) is 7.82. The highest BCUT2D eigenvalue weighted by Gasteiger charge is 2.26. The van der Waals surface area contributed by atoms with Crippen molar-refractivity contribution in [1.29, 1.82) is 0 Å². The van der Waals surface area contributed by atoms with E-state index in [0.29, 0.717) is 30.0 Å². The molecule has 1 fully saturated rings. The van der Waals surface area contributed by atoms with E-state index < -0.39 is 0 Å². The summed E-state index contributed by atoms with van der Waals surface area (Å²) in [5, 5.41) is 7.78. The van der Waals surface area contributed by atoms with Gasteiger partial charge >= 0.3 is 0 Å². The van der Waals surface area contributed by atoms with Crippen LogP contribution in [0.3, 0.4) is 0 Å². The molecule has 120 valence electrons. The number of nitrogens with zero attached hydrogens (tertiary/aromatic N) is 2. The lowest BCUT2D eigenvalue weighted by Gasteiger charge is -2.36. The molecule has 1 aliphatic heterocycles. The monoisotopic (exact) mass is 307 g/mol. The lowest BCUT2D eigenvalue weighted by Crippen LogP contribution is -2.45. The Balaban J connectivity index is 1.93. The summed E-state index contributed by atoms with van der Waals surface area (Å²) in [6, 6.07) is 3.67. The Morgan fingerprint density at radius 3 is 2.73 bits per heavy atom. The average Bonchev–Trinajstić information content (AvgIpc) is 2.88. The molecule has 3 rings (SSSR count). The second-order valence-electron chi connectivity index (χ2n) is 5.90. The number of anilines is 2. The third kappa shape index (κ3) is 2.75. The summed E-state index contributed by atoms with van der Waals surface area (Å²) in [6.45, 7) is 8.18. The Kier molecular flexibility index (Phi) is 4.20. The van der Waals surface area contributed by atoms with Gasteiger partial charge in [-0.15, -0.1) is 0 Å². The Morgan fingerprint density at radius 2 is 2.05 bits per heavy atom. The second-order valence-corrected chi connectivity index (χ2v) is 5.90. The maximum atomic E-state index is 14.8. The molecule has 1 saturated heterocycles. The van der Waals surface area contributed by atoms with Gasteiger partial charge in [-0.2, -0.15) is 0 Å². The smallest absolute Gasteiger partial charge is 0.206 e. The highest BCUT2D eigenvalue weighted by atomic mass is 19.1. The van der Waals surface area contributed by atoms with Gasteiger partial charge in [0.15, 0.2) is 11.6 Å². The molecular formula is C16H22FN3O2. The van der Waals surface area contributed by atoms with Gasteiger partial charge in [0.25, 0.3) is 0 Å². The van der Waals surface area contributed by atoms with Gasteiger partial charge in [0, 0.05) is 19.6 Å². The van der Waals surface area contributed by atoms with Crippen LogP contribution in [-0.2, 0) is 4.74 Å². The van der Waals surface area contributed by atoms with Crippen molar-refractivity contribution in [3.05, 3.63) is 17.9 Å². The van der Waals surface area contributed by atoms with Gasteiger partial charge in [0.2, 0.25) is 5.58 Å². The standard InChI is InChI=1S/C16H22FN3O2/c1-4-7-18-16-12-5-6-13(14(17)15(12)22-19-16)20-8-10(2)21-11(3)9-20/h5-6,10-11H,4,7-9H2,1-3H3,(H,18,19)/t10-,11+. The van der Waals surface area contributed by atoms with Crippen molar-refractivity contribution in [2.24, 2.45) is 0 Å². The molecule has 0 aliphatic carbocycles. The molecule has 2 heterocycles. The third-order valence-corrected chi connectivity index (χ3v) is 3.86. The largest absolute Gasteiger partial charge is 0.372 e. The van der Waals surface area contributed by atoms with Crippen molar-refractivity contribution in [2.45, 2.75) is 39.4 Å². The molecule has 0 radical (unpaired) electrons. The van der Waals surface area contributed by atoms with E-state index in [4.69, 9.17) is 9.26 Å². The van der Waals surface area contributed by atoms with Crippen LogP contribution in [0.25, 0.3) is 11.0 Å². The fraction of sp³-hybridized carbons (Fsp3) is 0.562. The molecule has 2 atom stereocenters. The molecule has 1 aromatic carbocycles.